The van der Waals surface area contributed by atoms with Gasteiger partial charge in [0.25, 0.3) is 0 Å². The topological polar surface area (TPSA) is 40.5 Å². The molecule has 0 atom stereocenters. The second-order valence-corrected chi connectivity index (χ2v) is 5.77. The maximum atomic E-state index is 11.0. The Morgan fingerprint density at radius 1 is 1.00 bits per heavy atom. The molecule has 0 spiro atoms. The van der Waals surface area contributed by atoms with Crippen LogP contribution in [0.4, 0.5) is 0 Å². The van der Waals surface area contributed by atoms with Crippen LogP contribution in [0.3, 0.4) is 0 Å². The molecule has 0 aromatic heterocycles. The second kappa shape index (κ2) is 6.39. The summed E-state index contributed by atoms with van der Waals surface area (Å²) >= 11 is 0. The van der Waals surface area contributed by atoms with Gasteiger partial charge in [-0.2, -0.15) is 0 Å². The van der Waals surface area contributed by atoms with Gasteiger partial charge in [-0.3, -0.25) is 9.69 Å². The number of carbonyl (C=O) groups is 1. The summed E-state index contributed by atoms with van der Waals surface area (Å²) in [4.78, 5) is 13.2. The number of hydrogen-bond donors (Lipinski definition) is 1. The number of rotatable bonds is 5. The van der Waals surface area contributed by atoms with Crippen molar-refractivity contribution in [3.8, 4) is 0 Å². The minimum Gasteiger partial charge on any atom is -0.480 e. The average Bonchev–Trinajstić information content (AvgIpc) is 2.99. The van der Waals surface area contributed by atoms with E-state index in [9.17, 15) is 4.79 Å². The van der Waals surface area contributed by atoms with Crippen LogP contribution in [0.1, 0.15) is 57.8 Å². The van der Waals surface area contributed by atoms with E-state index in [-0.39, 0.29) is 6.54 Å². The Bertz CT molecular complexity index is 243. The summed E-state index contributed by atoms with van der Waals surface area (Å²) in [7, 11) is 0. The van der Waals surface area contributed by atoms with Gasteiger partial charge in [0.1, 0.15) is 0 Å². The first-order valence-corrected chi connectivity index (χ1v) is 7.21. The van der Waals surface area contributed by atoms with Crippen LogP contribution < -0.4 is 0 Å². The summed E-state index contributed by atoms with van der Waals surface area (Å²) in [5.41, 5.74) is 0. The first kappa shape index (κ1) is 12.9. The lowest BCUT2D eigenvalue weighted by molar-refractivity contribution is -0.139. The average molecular weight is 239 g/mol. The van der Waals surface area contributed by atoms with Crippen molar-refractivity contribution in [3.63, 3.8) is 0 Å². The molecule has 0 unspecified atom stereocenters. The lowest BCUT2D eigenvalue weighted by Crippen LogP contribution is -2.40. The van der Waals surface area contributed by atoms with Crippen LogP contribution >= 0.6 is 0 Å². The molecule has 2 rings (SSSR count). The van der Waals surface area contributed by atoms with Crippen LogP contribution in [-0.2, 0) is 4.79 Å². The van der Waals surface area contributed by atoms with Gasteiger partial charge in [-0.15, -0.1) is 0 Å². The maximum Gasteiger partial charge on any atom is 0.317 e. The number of carboxylic acid groups (broad SMARTS) is 1. The maximum absolute atomic E-state index is 11.0. The van der Waals surface area contributed by atoms with Gasteiger partial charge < -0.3 is 5.11 Å². The Kier molecular flexibility index (Phi) is 4.84. The molecule has 0 aromatic carbocycles. The number of hydrogen-bond acceptors (Lipinski definition) is 2. The van der Waals surface area contributed by atoms with Crippen LogP contribution in [0.25, 0.3) is 0 Å². The first-order chi connectivity index (χ1) is 8.25. The third-order valence-electron chi connectivity index (χ3n) is 4.12. The van der Waals surface area contributed by atoms with Crippen molar-refractivity contribution in [1.82, 2.24) is 4.90 Å². The number of carboxylic acids is 1. The van der Waals surface area contributed by atoms with Crippen molar-refractivity contribution < 1.29 is 9.90 Å². The van der Waals surface area contributed by atoms with Crippen LogP contribution in [0.15, 0.2) is 0 Å². The Labute approximate surface area is 104 Å². The fourth-order valence-electron chi connectivity index (χ4n) is 2.95. The molecule has 2 aliphatic carbocycles. The zero-order valence-electron chi connectivity index (χ0n) is 10.7. The molecular weight excluding hydrogens is 214 g/mol. The first-order valence-electron chi connectivity index (χ1n) is 7.21. The van der Waals surface area contributed by atoms with Crippen molar-refractivity contribution in [1.29, 1.82) is 0 Å². The molecule has 0 bridgehead atoms. The summed E-state index contributed by atoms with van der Waals surface area (Å²) in [5, 5.41) is 9.03. The van der Waals surface area contributed by atoms with E-state index in [0.29, 0.717) is 6.04 Å². The van der Waals surface area contributed by atoms with Crippen molar-refractivity contribution in [3.05, 3.63) is 0 Å². The minimum absolute atomic E-state index is 0.251. The molecule has 1 N–H and O–H groups in total. The Balaban J connectivity index is 1.87. The van der Waals surface area contributed by atoms with E-state index in [1.165, 1.54) is 57.8 Å². The minimum atomic E-state index is -0.660. The zero-order chi connectivity index (χ0) is 12.1. The van der Waals surface area contributed by atoms with E-state index in [4.69, 9.17) is 5.11 Å². The highest BCUT2D eigenvalue weighted by atomic mass is 16.4. The van der Waals surface area contributed by atoms with Gasteiger partial charge in [0, 0.05) is 12.6 Å². The Morgan fingerprint density at radius 3 is 2.12 bits per heavy atom. The quantitative estimate of drug-likeness (QED) is 0.802. The molecule has 2 fully saturated rings. The fourth-order valence-corrected chi connectivity index (χ4v) is 2.95. The predicted molar refractivity (Wildman–Crippen MR) is 68.0 cm³/mol. The van der Waals surface area contributed by atoms with E-state index >= 15 is 0 Å². The Morgan fingerprint density at radius 2 is 1.59 bits per heavy atom. The molecule has 17 heavy (non-hydrogen) atoms. The van der Waals surface area contributed by atoms with E-state index in [2.05, 4.69) is 4.90 Å². The van der Waals surface area contributed by atoms with E-state index < -0.39 is 5.97 Å². The molecule has 0 saturated heterocycles. The second-order valence-electron chi connectivity index (χ2n) is 5.77. The van der Waals surface area contributed by atoms with Gasteiger partial charge in [0.15, 0.2) is 0 Å². The molecule has 2 aliphatic rings. The third kappa shape index (κ3) is 4.66. The van der Waals surface area contributed by atoms with E-state index in [1.807, 2.05) is 0 Å². The van der Waals surface area contributed by atoms with Gasteiger partial charge in [-0.05, 0) is 31.6 Å². The van der Waals surface area contributed by atoms with Crippen molar-refractivity contribution in [2.24, 2.45) is 5.92 Å². The van der Waals surface area contributed by atoms with Gasteiger partial charge in [0.2, 0.25) is 0 Å². The van der Waals surface area contributed by atoms with E-state index in [1.54, 1.807) is 0 Å². The lowest BCUT2D eigenvalue weighted by Gasteiger charge is -2.31. The van der Waals surface area contributed by atoms with Crippen LogP contribution in [-0.4, -0.2) is 35.1 Å². The monoisotopic (exact) mass is 239 g/mol. The normalized spacial score (nSPS) is 23.4. The smallest absolute Gasteiger partial charge is 0.317 e. The molecule has 0 aliphatic heterocycles. The molecule has 0 heterocycles. The zero-order valence-corrected chi connectivity index (χ0v) is 10.7. The number of aliphatic carboxylic acids is 1. The van der Waals surface area contributed by atoms with Crippen LogP contribution in [0.2, 0.25) is 0 Å². The van der Waals surface area contributed by atoms with Gasteiger partial charge >= 0.3 is 5.97 Å². The van der Waals surface area contributed by atoms with Crippen molar-refractivity contribution >= 4 is 5.97 Å². The van der Waals surface area contributed by atoms with Gasteiger partial charge in [-0.25, -0.2) is 0 Å². The molecule has 0 aromatic rings. The molecule has 3 nitrogen and oxygen atoms in total. The van der Waals surface area contributed by atoms with Gasteiger partial charge in [0.05, 0.1) is 6.54 Å². The molecule has 2 saturated carbocycles. The van der Waals surface area contributed by atoms with E-state index in [0.717, 1.165) is 12.5 Å². The summed E-state index contributed by atoms with van der Waals surface area (Å²) in [5.74, 6) is 0.132. The highest BCUT2D eigenvalue weighted by Crippen LogP contribution is 2.32. The largest absolute Gasteiger partial charge is 0.480 e. The summed E-state index contributed by atoms with van der Waals surface area (Å²) in [6.07, 6.45) is 11.6. The van der Waals surface area contributed by atoms with Crippen molar-refractivity contribution in [2.75, 3.05) is 13.1 Å². The number of nitrogens with zero attached hydrogens (tertiary/aromatic N) is 1. The summed E-state index contributed by atoms with van der Waals surface area (Å²) in [6, 6.07) is 0.534. The third-order valence-corrected chi connectivity index (χ3v) is 4.12. The van der Waals surface area contributed by atoms with Crippen LogP contribution in [0, 0.1) is 5.92 Å². The molecule has 0 radical (unpaired) electrons. The predicted octanol–water partition coefficient (Wildman–Crippen LogP) is 2.90. The highest BCUT2D eigenvalue weighted by Gasteiger charge is 2.29. The highest BCUT2D eigenvalue weighted by molar-refractivity contribution is 5.69. The molecule has 0 amide bonds. The molecule has 3 heteroatoms. The Hall–Kier alpha value is -0.570. The SMILES string of the molecule is O=C(O)CN(CC1CC1)C1CCCCCCC1. The van der Waals surface area contributed by atoms with Crippen LogP contribution in [0.5, 0.6) is 0 Å². The molecular formula is C14H25NO2. The summed E-state index contributed by atoms with van der Waals surface area (Å²) in [6.45, 7) is 1.28. The van der Waals surface area contributed by atoms with Crippen molar-refractivity contribution in [2.45, 2.75) is 63.8 Å². The fraction of sp³-hybridized carbons (Fsp3) is 0.929. The standard InChI is InChI=1S/C14H25NO2/c16-14(17)11-15(10-12-8-9-12)13-6-4-2-1-3-5-7-13/h12-13H,1-11H2,(H,16,17). The summed E-state index contributed by atoms with van der Waals surface area (Å²) < 4.78 is 0. The molecule has 98 valence electrons. The van der Waals surface area contributed by atoms with Gasteiger partial charge in [-0.1, -0.05) is 32.1 Å². The lowest BCUT2D eigenvalue weighted by atomic mass is 9.95.